The van der Waals surface area contributed by atoms with Gasteiger partial charge in [-0.3, -0.25) is 9.79 Å². The van der Waals surface area contributed by atoms with Gasteiger partial charge in [0.2, 0.25) is 0 Å². The van der Waals surface area contributed by atoms with Gasteiger partial charge in [-0.05, 0) is 31.4 Å². The highest BCUT2D eigenvalue weighted by Crippen LogP contribution is 2.38. The highest BCUT2D eigenvalue weighted by molar-refractivity contribution is 8.14. The van der Waals surface area contributed by atoms with E-state index in [1.165, 1.54) is 11.8 Å². The standard InChI is InChI=1S/C19H21N3O4S2.CH4/c23-17(24)8-12-9-27-19(20-12)15-7-11-3-1-5-14-18(11)22(15)10-28(25,26)16-6-2-4-13(16)21-14;/h1,3,5,7,12-13,16,21H,2,4,6,8-10H2,(H,23,24);1H4. The molecule has 1 saturated carbocycles. The monoisotopic (exact) mass is 435 g/mol. The lowest BCUT2D eigenvalue weighted by atomic mass is 10.2. The summed E-state index contributed by atoms with van der Waals surface area (Å²) in [5, 5.41) is 13.9. The van der Waals surface area contributed by atoms with Crippen molar-refractivity contribution in [2.75, 3.05) is 11.1 Å². The van der Waals surface area contributed by atoms with E-state index in [1.807, 2.05) is 28.8 Å². The number of aliphatic imine (C=N–C) groups is 1. The van der Waals surface area contributed by atoms with Crippen LogP contribution in [0.2, 0.25) is 0 Å². The van der Waals surface area contributed by atoms with Crippen LogP contribution in [0.5, 0.6) is 0 Å². The van der Waals surface area contributed by atoms with Crippen molar-refractivity contribution >= 4 is 49.2 Å². The summed E-state index contributed by atoms with van der Waals surface area (Å²) in [7, 11) is -3.32. The summed E-state index contributed by atoms with van der Waals surface area (Å²) < 4.78 is 28.2. The molecule has 1 aromatic carbocycles. The zero-order valence-corrected chi connectivity index (χ0v) is 16.8. The number of carboxylic acids is 1. The summed E-state index contributed by atoms with van der Waals surface area (Å²) in [5.41, 5.74) is 2.61. The minimum absolute atomic E-state index is 0. The second-order valence-electron chi connectivity index (χ2n) is 7.71. The molecule has 9 heteroatoms. The number of thioether (sulfide) groups is 1. The van der Waals surface area contributed by atoms with Crippen LogP contribution in [0, 0.1) is 0 Å². The van der Waals surface area contributed by atoms with Gasteiger partial charge in [-0.2, -0.15) is 0 Å². The number of sulfone groups is 1. The molecule has 2 aromatic rings. The van der Waals surface area contributed by atoms with Gasteiger partial charge >= 0.3 is 5.97 Å². The third-order valence-electron chi connectivity index (χ3n) is 5.83. The number of hydrogen-bond donors (Lipinski definition) is 2. The molecule has 0 amide bonds. The van der Waals surface area contributed by atoms with Crippen LogP contribution in [0.25, 0.3) is 10.9 Å². The van der Waals surface area contributed by atoms with Crippen molar-refractivity contribution in [3.8, 4) is 0 Å². The van der Waals surface area contributed by atoms with Crippen LogP contribution in [0.3, 0.4) is 0 Å². The summed E-state index contributed by atoms with van der Waals surface area (Å²) in [5.74, 6) is -0.326. The molecule has 5 rings (SSSR count). The van der Waals surface area contributed by atoms with Crippen LogP contribution in [0.1, 0.15) is 38.8 Å². The second kappa shape index (κ2) is 7.36. The van der Waals surface area contributed by atoms with E-state index in [0.717, 1.165) is 40.2 Å². The smallest absolute Gasteiger partial charge is 0.305 e. The maximum Gasteiger partial charge on any atom is 0.305 e. The molecule has 0 spiro atoms. The van der Waals surface area contributed by atoms with Crippen molar-refractivity contribution in [2.24, 2.45) is 4.99 Å². The molecule has 0 bridgehead atoms. The number of aliphatic carboxylic acids is 1. The highest BCUT2D eigenvalue weighted by Gasteiger charge is 2.40. The van der Waals surface area contributed by atoms with Gasteiger partial charge in [-0.25, -0.2) is 8.42 Å². The first kappa shape index (κ1) is 20.3. The SMILES string of the molecule is C.O=C(O)CC1CSC(c2cc3cccc4c3n2CS(=O)(=O)C2CCCC2N4)=N1. The van der Waals surface area contributed by atoms with Gasteiger partial charge in [0.25, 0.3) is 0 Å². The molecule has 3 unspecified atom stereocenters. The fourth-order valence-corrected chi connectivity index (χ4v) is 7.74. The highest BCUT2D eigenvalue weighted by atomic mass is 32.2. The number of hydrogen-bond acceptors (Lipinski definition) is 6. The molecule has 3 aliphatic rings. The Hall–Kier alpha value is -2.00. The molecule has 7 nitrogen and oxygen atoms in total. The molecule has 0 saturated heterocycles. The summed E-state index contributed by atoms with van der Waals surface area (Å²) in [4.78, 5) is 15.6. The summed E-state index contributed by atoms with van der Waals surface area (Å²) in [6.45, 7) is 0. The first-order valence-electron chi connectivity index (χ1n) is 9.45. The van der Waals surface area contributed by atoms with E-state index in [-0.39, 0.29) is 37.1 Å². The molecule has 3 atom stereocenters. The van der Waals surface area contributed by atoms with Crippen LogP contribution in [-0.2, 0) is 20.5 Å². The average Bonchev–Trinajstić information content (AvgIpc) is 3.33. The number of anilines is 1. The quantitative estimate of drug-likeness (QED) is 0.767. The maximum absolute atomic E-state index is 13.2. The van der Waals surface area contributed by atoms with Crippen LogP contribution in [0.15, 0.2) is 29.3 Å². The van der Waals surface area contributed by atoms with E-state index >= 15 is 0 Å². The minimum atomic E-state index is -3.32. The van der Waals surface area contributed by atoms with E-state index < -0.39 is 15.8 Å². The number of nitrogens with zero attached hydrogens (tertiary/aromatic N) is 2. The molecule has 29 heavy (non-hydrogen) atoms. The predicted molar refractivity (Wildman–Crippen MR) is 118 cm³/mol. The molecule has 2 N–H and O–H groups in total. The van der Waals surface area contributed by atoms with Crippen LogP contribution < -0.4 is 5.32 Å². The fraction of sp³-hybridized carbons (Fsp3) is 0.500. The van der Waals surface area contributed by atoms with Crippen molar-refractivity contribution in [3.05, 3.63) is 30.0 Å². The number of para-hydroxylation sites is 1. The van der Waals surface area contributed by atoms with Crippen LogP contribution >= 0.6 is 11.8 Å². The van der Waals surface area contributed by atoms with Crippen molar-refractivity contribution in [3.63, 3.8) is 0 Å². The maximum atomic E-state index is 13.2. The lowest BCUT2D eigenvalue weighted by Crippen LogP contribution is -2.38. The van der Waals surface area contributed by atoms with Gasteiger partial charge in [-0.15, -0.1) is 11.8 Å². The molecule has 3 heterocycles. The molecule has 0 radical (unpaired) electrons. The van der Waals surface area contributed by atoms with Gasteiger partial charge in [0.05, 0.1) is 34.6 Å². The summed E-state index contributed by atoms with van der Waals surface area (Å²) >= 11 is 1.50. The third kappa shape index (κ3) is 3.44. The van der Waals surface area contributed by atoms with E-state index in [4.69, 9.17) is 5.11 Å². The van der Waals surface area contributed by atoms with E-state index in [9.17, 15) is 13.2 Å². The summed E-state index contributed by atoms with van der Waals surface area (Å²) in [6.07, 6.45) is 2.47. The van der Waals surface area contributed by atoms with Gasteiger partial charge < -0.3 is 15.0 Å². The molecular weight excluding hydrogens is 410 g/mol. The van der Waals surface area contributed by atoms with Gasteiger partial charge in [-0.1, -0.05) is 19.6 Å². The van der Waals surface area contributed by atoms with Crippen molar-refractivity contribution in [2.45, 2.75) is 56.3 Å². The predicted octanol–water partition coefficient (Wildman–Crippen LogP) is 3.33. The largest absolute Gasteiger partial charge is 0.481 e. The van der Waals surface area contributed by atoms with E-state index in [1.54, 1.807) is 0 Å². The summed E-state index contributed by atoms with van der Waals surface area (Å²) in [6, 6.07) is 7.63. The van der Waals surface area contributed by atoms with E-state index in [0.29, 0.717) is 12.2 Å². The molecule has 1 aliphatic carbocycles. The Morgan fingerprint density at radius 2 is 2.17 bits per heavy atom. The zero-order chi connectivity index (χ0) is 19.5. The Balaban J connectivity index is 0.00000205. The van der Waals surface area contributed by atoms with Crippen LogP contribution in [-0.4, -0.2) is 52.2 Å². The third-order valence-corrected chi connectivity index (χ3v) is 9.07. The zero-order valence-electron chi connectivity index (χ0n) is 15.2. The average molecular weight is 436 g/mol. The Labute approximate surface area is 174 Å². The number of fused-ring (bicyclic) bond motifs is 1. The Kier molecular flexibility index (Phi) is 5.14. The molecule has 156 valence electrons. The molecule has 1 aromatic heterocycles. The second-order valence-corrected chi connectivity index (χ2v) is 10.9. The Bertz CT molecular complexity index is 1110. The first-order valence-corrected chi connectivity index (χ1v) is 12.2. The van der Waals surface area contributed by atoms with E-state index in [2.05, 4.69) is 10.3 Å². The topological polar surface area (TPSA) is 101 Å². The van der Waals surface area contributed by atoms with Crippen molar-refractivity contribution in [1.82, 2.24) is 4.57 Å². The minimum Gasteiger partial charge on any atom is -0.481 e. The van der Waals surface area contributed by atoms with Crippen LogP contribution in [0.4, 0.5) is 5.69 Å². The Morgan fingerprint density at radius 1 is 1.34 bits per heavy atom. The number of carboxylic acid groups (broad SMARTS) is 1. The lowest BCUT2D eigenvalue weighted by molar-refractivity contribution is -0.137. The van der Waals surface area contributed by atoms with Gasteiger partial charge in [0.15, 0.2) is 9.84 Å². The fourth-order valence-electron chi connectivity index (χ4n) is 4.61. The van der Waals surface area contributed by atoms with Crippen molar-refractivity contribution in [1.29, 1.82) is 0 Å². The number of aromatic nitrogens is 1. The Morgan fingerprint density at radius 3 is 2.97 bits per heavy atom. The van der Waals surface area contributed by atoms with Crippen molar-refractivity contribution < 1.29 is 18.3 Å². The number of benzene rings is 1. The lowest BCUT2D eigenvalue weighted by Gasteiger charge is -2.27. The number of carbonyl (C=O) groups is 1. The normalized spacial score (nSPS) is 27.3. The number of nitrogens with one attached hydrogen (secondary N) is 1. The first-order chi connectivity index (χ1) is 13.4. The molecular formula is C20H25N3O4S2. The van der Waals surface area contributed by atoms with Gasteiger partial charge in [0, 0.05) is 17.2 Å². The van der Waals surface area contributed by atoms with Gasteiger partial charge in [0.1, 0.15) is 10.9 Å². The molecule has 1 fully saturated rings. The number of rotatable bonds is 3. The molecule has 2 aliphatic heterocycles.